The van der Waals surface area contributed by atoms with Crippen molar-refractivity contribution in [2.24, 2.45) is 0 Å². The van der Waals surface area contributed by atoms with E-state index in [9.17, 15) is 0 Å². The van der Waals surface area contributed by atoms with Gasteiger partial charge in [-0.05, 0) is 18.6 Å². The van der Waals surface area contributed by atoms with Gasteiger partial charge < -0.3 is 10.6 Å². The maximum atomic E-state index is 4.32. The van der Waals surface area contributed by atoms with Crippen LogP contribution in [0.4, 0.5) is 5.82 Å². The Morgan fingerprint density at radius 3 is 2.88 bits per heavy atom. The zero-order chi connectivity index (χ0) is 11.2. The Morgan fingerprint density at radius 1 is 1.38 bits per heavy atom. The van der Waals surface area contributed by atoms with Crippen molar-refractivity contribution in [3.8, 4) is 0 Å². The molecule has 0 amide bonds. The Morgan fingerprint density at radius 2 is 2.19 bits per heavy atom. The minimum atomic E-state index is 0.968. The topological polar surface area (TPSA) is 40.2 Å². The summed E-state index contributed by atoms with van der Waals surface area (Å²) in [7, 11) is 0. The molecule has 1 fully saturated rings. The van der Waals surface area contributed by atoms with Gasteiger partial charge in [-0.15, -0.1) is 0 Å². The number of nitrogens with zero attached hydrogens (tertiary/aromatic N) is 2. The number of hydrogen-bond donors (Lipinski definition) is 2. The first-order valence-corrected chi connectivity index (χ1v) is 5.94. The highest BCUT2D eigenvalue weighted by Gasteiger charge is 2.08. The van der Waals surface area contributed by atoms with Gasteiger partial charge in [-0.3, -0.25) is 4.90 Å². The van der Waals surface area contributed by atoms with Crippen molar-refractivity contribution >= 4 is 5.82 Å². The van der Waals surface area contributed by atoms with E-state index in [4.69, 9.17) is 0 Å². The summed E-state index contributed by atoms with van der Waals surface area (Å²) in [5, 5.41) is 6.70. The summed E-state index contributed by atoms with van der Waals surface area (Å²) in [4.78, 5) is 6.79. The van der Waals surface area contributed by atoms with E-state index < -0.39 is 0 Å². The largest absolute Gasteiger partial charge is 0.369 e. The Balaban J connectivity index is 1.69. The SMILES string of the molecule is Cc1ccc(NCCN2CCNCC2)nc1. The van der Waals surface area contributed by atoms with Crippen molar-refractivity contribution in [1.82, 2.24) is 15.2 Å². The monoisotopic (exact) mass is 220 g/mol. The minimum absolute atomic E-state index is 0.968. The third kappa shape index (κ3) is 3.47. The predicted molar refractivity (Wildman–Crippen MR) is 66.8 cm³/mol. The normalized spacial score (nSPS) is 17.3. The lowest BCUT2D eigenvalue weighted by Gasteiger charge is -2.27. The number of anilines is 1. The van der Waals surface area contributed by atoms with E-state index in [-0.39, 0.29) is 0 Å². The molecule has 0 radical (unpaired) electrons. The molecule has 88 valence electrons. The molecule has 1 aromatic rings. The maximum Gasteiger partial charge on any atom is 0.125 e. The highest BCUT2D eigenvalue weighted by molar-refractivity contribution is 5.34. The van der Waals surface area contributed by atoms with E-state index in [1.165, 1.54) is 5.56 Å². The smallest absolute Gasteiger partial charge is 0.125 e. The molecule has 0 aromatic carbocycles. The number of nitrogens with one attached hydrogen (secondary N) is 2. The van der Waals surface area contributed by atoms with Gasteiger partial charge in [-0.2, -0.15) is 0 Å². The van der Waals surface area contributed by atoms with Crippen molar-refractivity contribution in [3.63, 3.8) is 0 Å². The van der Waals surface area contributed by atoms with E-state index >= 15 is 0 Å². The van der Waals surface area contributed by atoms with E-state index in [2.05, 4.69) is 33.5 Å². The second-order valence-electron chi connectivity index (χ2n) is 4.24. The molecular weight excluding hydrogens is 200 g/mol. The quantitative estimate of drug-likeness (QED) is 0.784. The molecule has 0 atom stereocenters. The van der Waals surface area contributed by atoms with Crippen LogP contribution in [0, 0.1) is 6.92 Å². The van der Waals surface area contributed by atoms with Gasteiger partial charge in [0.25, 0.3) is 0 Å². The van der Waals surface area contributed by atoms with Crippen LogP contribution in [0.25, 0.3) is 0 Å². The molecule has 0 bridgehead atoms. The maximum absolute atomic E-state index is 4.32. The summed E-state index contributed by atoms with van der Waals surface area (Å²) in [6.45, 7) is 8.66. The Kier molecular flexibility index (Phi) is 4.13. The van der Waals surface area contributed by atoms with Crippen molar-refractivity contribution in [3.05, 3.63) is 23.9 Å². The first-order valence-electron chi connectivity index (χ1n) is 5.94. The molecule has 1 aliphatic heterocycles. The van der Waals surface area contributed by atoms with Crippen LogP contribution in [0.5, 0.6) is 0 Å². The first kappa shape index (κ1) is 11.4. The summed E-state index contributed by atoms with van der Waals surface area (Å²) < 4.78 is 0. The Labute approximate surface area is 97.1 Å². The van der Waals surface area contributed by atoms with Crippen LogP contribution in [-0.4, -0.2) is 49.2 Å². The van der Waals surface area contributed by atoms with Gasteiger partial charge in [0, 0.05) is 45.5 Å². The van der Waals surface area contributed by atoms with E-state index in [0.717, 1.165) is 45.1 Å². The molecular formula is C12H20N4. The number of piperazine rings is 1. The van der Waals surface area contributed by atoms with Crippen molar-refractivity contribution in [1.29, 1.82) is 0 Å². The molecule has 16 heavy (non-hydrogen) atoms. The Bertz CT molecular complexity index is 303. The molecule has 1 aromatic heterocycles. The summed E-state index contributed by atoms with van der Waals surface area (Å²) in [6, 6.07) is 4.12. The average Bonchev–Trinajstić information content (AvgIpc) is 2.33. The second-order valence-corrected chi connectivity index (χ2v) is 4.24. The molecule has 0 saturated carbocycles. The fraction of sp³-hybridized carbons (Fsp3) is 0.583. The Hall–Kier alpha value is -1.13. The molecule has 1 aliphatic rings. The first-order chi connectivity index (χ1) is 7.84. The molecule has 4 nitrogen and oxygen atoms in total. The standard InChI is InChI=1S/C12H20N4/c1-11-2-3-12(15-10-11)14-6-9-16-7-4-13-5-8-16/h2-3,10,13H,4-9H2,1H3,(H,14,15). The molecule has 0 spiro atoms. The van der Waals surface area contributed by atoms with Crippen LogP contribution in [0.15, 0.2) is 18.3 Å². The lowest BCUT2D eigenvalue weighted by Crippen LogP contribution is -2.45. The molecule has 2 heterocycles. The second kappa shape index (κ2) is 5.82. The number of aryl methyl sites for hydroxylation is 1. The highest BCUT2D eigenvalue weighted by atomic mass is 15.2. The summed E-state index contributed by atoms with van der Waals surface area (Å²) in [5.41, 5.74) is 1.20. The number of rotatable bonds is 4. The third-order valence-electron chi connectivity index (χ3n) is 2.86. The third-order valence-corrected chi connectivity index (χ3v) is 2.86. The minimum Gasteiger partial charge on any atom is -0.369 e. The van der Waals surface area contributed by atoms with Gasteiger partial charge in [0.05, 0.1) is 0 Å². The molecule has 1 saturated heterocycles. The van der Waals surface area contributed by atoms with Crippen LogP contribution >= 0.6 is 0 Å². The fourth-order valence-corrected chi connectivity index (χ4v) is 1.85. The molecule has 2 N–H and O–H groups in total. The van der Waals surface area contributed by atoms with Gasteiger partial charge in [0.15, 0.2) is 0 Å². The summed E-state index contributed by atoms with van der Waals surface area (Å²) in [6.07, 6.45) is 1.90. The van der Waals surface area contributed by atoms with Crippen molar-refractivity contribution in [2.75, 3.05) is 44.6 Å². The molecule has 4 heteroatoms. The van der Waals surface area contributed by atoms with Crippen LogP contribution in [0.1, 0.15) is 5.56 Å². The molecule has 2 rings (SSSR count). The fourth-order valence-electron chi connectivity index (χ4n) is 1.85. The van der Waals surface area contributed by atoms with E-state index in [0.29, 0.717) is 0 Å². The number of hydrogen-bond acceptors (Lipinski definition) is 4. The zero-order valence-corrected chi connectivity index (χ0v) is 9.87. The van der Waals surface area contributed by atoms with Gasteiger partial charge in [0.2, 0.25) is 0 Å². The molecule has 0 aliphatic carbocycles. The predicted octanol–water partition coefficient (Wildman–Crippen LogP) is 0.707. The lowest BCUT2D eigenvalue weighted by molar-refractivity contribution is 0.249. The van der Waals surface area contributed by atoms with Gasteiger partial charge >= 0.3 is 0 Å². The van der Waals surface area contributed by atoms with Crippen LogP contribution in [0.2, 0.25) is 0 Å². The average molecular weight is 220 g/mol. The van der Waals surface area contributed by atoms with Gasteiger partial charge in [0.1, 0.15) is 5.82 Å². The van der Waals surface area contributed by atoms with Crippen LogP contribution in [0.3, 0.4) is 0 Å². The number of pyridine rings is 1. The molecule has 0 unspecified atom stereocenters. The lowest BCUT2D eigenvalue weighted by atomic mass is 10.3. The highest BCUT2D eigenvalue weighted by Crippen LogP contribution is 2.03. The van der Waals surface area contributed by atoms with Gasteiger partial charge in [-0.25, -0.2) is 4.98 Å². The summed E-state index contributed by atoms with van der Waals surface area (Å²) in [5.74, 6) is 0.973. The zero-order valence-electron chi connectivity index (χ0n) is 9.87. The van der Waals surface area contributed by atoms with Crippen LogP contribution < -0.4 is 10.6 Å². The van der Waals surface area contributed by atoms with Crippen LogP contribution in [-0.2, 0) is 0 Å². The van der Waals surface area contributed by atoms with E-state index in [1.807, 2.05) is 12.3 Å². The summed E-state index contributed by atoms with van der Waals surface area (Å²) >= 11 is 0. The van der Waals surface area contributed by atoms with Crippen molar-refractivity contribution < 1.29 is 0 Å². The van der Waals surface area contributed by atoms with E-state index in [1.54, 1.807) is 0 Å². The van der Waals surface area contributed by atoms with Crippen molar-refractivity contribution in [2.45, 2.75) is 6.92 Å². The van der Waals surface area contributed by atoms with Gasteiger partial charge in [-0.1, -0.05) is 6.07 Å². The number of aromatic nitrogens is 1.